The number of nitrogens with one attached hydrogen (secondary N) is 2. The first kappa shape index (κ1) is 17.3. The second-order valence-corrected chi connectivity index (χ2v) is 9.06. The minimum atomic E-state index is 0.263. The number of rotatable bonds is 2. The molecule has 148 valence electrons. The summed E-state index contributed by atoms with van der Waals surface area (Å²) in [5.41, 5.74) is 5.72. The summed E-state index contributed by atoms with van der Waals surface area (Å²) in [7, 11) is 0. The number of hydrogen-bond donors (Lipinski definition) is 3. The fraction of sp³-hybridized carbons (Fsp3) is 0.400. The smallest absolute Gasteiger partial charge is 0.139 e. The maximum absolute atomic E-state index is 11.0. The predicted octanol–water partition coefficient (Wildman–Crippen LogP) is 5.03. The van der Waals surface area contributed by atoms with E-state index in [2.05, 4.69) is 39.9 Å². The largest absolute Gasteiger partial charge is 0.506 e. The van der Waals surface area contributed by atoms with Crippen LogP contribution < -0.4 is 10.6 Å². The molecule has 0 amide bonds. The fourth-order valence-electron chi connectivity index (χ4n) is 6.42. The zero-order chi connectivity index (χ0) is 19.4. The van der Waals surface area contributed by atoms with Crippen molar-refractivity contribution in [1.29, 1.82) is 0 Å². The number of hydrogen-bond acceptors (Lipinski definition) is 4. The Kier molecular flexibility index (Phi) is 3.85. The third-order valence-corrected chi connectivity index (χ3v) is 7.66. The van der Waals surface area contributed by atoms with Gasteiger partial charge in [0.25, 0.3) is 0 Å². The van der Waals surface area contributed by atoms with Gasteiger partial charge < -0.3 is 15.7 Å². The average molecular weight is 386 g/mol. The Hall–Kier alpha value is -2.59. The zero-order valence-electron chi connectivity index (χ0n) is 16.6. The lowest BCUT2D eigenvalue weighted by Gasteiger charge is -2.56. The van der Waals surface area contributed by atoms with Crippen LogP contribution >= 0.6 is 0 Å². The van der Waals surface area contributed by atoms with Crippen LogP contribution in [0.3, 0.4) is 0 Å². The second-order valence-electron chi connectivity index (χ2n) is 9.06. The lowest BCUT2D eigenvalue weighted by Crippen LogP contribution is -2.59. The van der Waals surface area contributed by atoms with Crippen molar-refractivity contribution in [2.24, 2.45) is 5.92 Å². The van der Waals surface area contributed by atoms with Crippen molar-refractivity contribution in [3.05, 3.63) is 59.8 Å². The van der Waals surface area contributed by atoms with Gasteiger partial charge in [-0.05, 0) is 73.5 Å². The molecule has 4 nitrogen and oxygen atoms in total. The Morgan fingerprint density at radius 2 is 2.00 bits per heavy atom. The monoisotopic (exact) mass is 385 g/mol. The summed E-state index contributed by atoms with van der Waals surface area (Å²) in [5.74, 6) is 1.07. The van der Waals surface area contributed by atoms with Crippen LogP contribution in [-0.4, -0.2) is 22.7 Å². The van der Waals surface area contributed by atoms with Crippen molar-refractivity contribution in [1.82, 2.24) is 10.3 Å². The topological polar surface area (TPSA) is 57.2 Å². The number of pyridine rings is 1. The molecule has 2 aromatic carbocycles. The highest BCUT2D eigenvalue weighted by Crippen LogP contribution is 2.55. The maximum Gasteiger partial charge on any atom is 0.139 e. The first-order valence-corrected chi connectivity index (χ1v) is 11.0. The minimum Gasteiger partial charge on any atom is -0.506 e. The molecule has 3 aromatic rings. The van der Waals surface area contributed by atoms with Crippen molar-refractivity contribution < 1.29 is 5.11 Å². The molecule has 1 saturated heterocycles. The Labute approximate surface area is 171 Å². The molecule has 3 N–H and O–H groups in total. The molecule has 4 heteroatoms. The molecule has 0 unspecified atom stereocenters. The van der Waals surface area contributed by atoms with Crippen molar-refractivity contribution in [3.8, 4) is 5.75 Å². The summed E-state index contributed by atoms with van der Waals surface area (Å²) in [6.07, 6.45) is 9.31. The average Bonchev–Trinajstić information content (AvgIpc) is 2.75. The van der Waals surface area contributed by atoms with Crippen LogP contribution in [0, 0.1) is 5.92 Å². The van der Waals surface area contributed by atoms with E-state index in [1.165, 1.54) is 43.2 Å². The number of fused-ring (bicyclic) bond motifs is 2. The molecule has 2 heterocycles. The van der Waals surface area contributed by atoms with E-state index >= 15 is 0 Å². The number of aromatic nitrogens is 1. The highest BCUT2D eigenvalue weighted by atomic mass is 16.3. The van der Waals surface area contributed by atoms with Gasteiger partial charge in [-0.3, -0.25) is 4.98 Å². The summed E-state index contributed by atoms with van der Waals surface area (Å²) in [6.45, 7) is 1.10. The molecule has 1 saturated carbocycles. The highest BCUT2D eigenvalue weighted by Gasteiger charge is 2.51. The van der Waals surface area contributed by atoms with E-state index in [9.17, 15) is 5.11 Å². The molecule has 2 fully saturated rings. The molecule has 3 aliphatic rings. The number of phenolic OH excluding ortho intramolecular Hbond substituents is 1. The third-order valence-electron chi connectivity index (χ3n) is 7.66. The first-order valence-electron chi connectivity index (χ1n) is 11.0. The number of piperidine rings is 1. The third kappa shape index (κ3) is 2.58. The molecule has 1 aromatic heterocycles. The molecule has 29 heavy (non-hydrogen) atoms. The number of benzene rings is 2. The summed E-state index contributed by atoms with van der Waals surface area (Å²) >= 11 is 0. The van der Waals surface area contributed by atoms with Crippen LogP contribution in [0.15, 0.2) is 48.7 Å². The molecule has 0 radical (unpaired) electrons. The maximum atomic E-state index is 11.0. The molecule has 3 atom stereocenters. The van der Waals surface area contributed by atoms with Crippen molar-refractivity contribution >= 4 is 22.3 Å². The van der Waals surface area contributed by atoms with Crippen molar-refractivity contribution in [3.63, 3.8) is 0 Å². The Bertz CT molecular complexity index is 1090. The van der Waals surface area contributed by atoms with Gasteiger partial charge in [-0.15, -0.1) is 0 Å². The van der Waals surface area contributed by atoms with E-state index in [-0.39, 0.29) is 5.41 Å². The lowest BCUT2D eigenvalue weighted by molar-refractivity contribution is 0.0796. The van der Waals surface area contributed by atoms with Crippen LogP contribution in [-0.2, 0) is 11.8 Å². The summed E-state index contributed by atoms with van der Waals surface area (Å²) in [5, 5.41) is 19.3. The van der Waals surface area contributed by atoms with Gasteiger partial charge in [0.2, 0.25) is 0 Å². The number of para-hydroxylation sites is 1. The highest BCUT2D eigenvalue weighted by molar-refractivity contribution is 5.92. The lowest BCUT2D eigenvalue weighted by atomic mass is 9.53. The van der Waals surface area contributed by atoms with Crippen LogP contribution in [0.4, 0.5) is 11.4 Å². The summed E-state index contributed by atoms with van der Waals surface area (Å²) in [4.78, 5) is 4.54. The minimum absolute atomic E-state index is 0.263. The zero-order valence-corrected chi connectivity index (χ0v) is 16.6. The van der Waals surface area contributed by atoms with E-state index in [4.69, 9.17) is 0 Å². The van der Waals surface area contributed by atoms with E-state index in [1.54, 1.807) is 0 Å². The number of anilines is 2. The standard InChI is InChI=1S/C25H27N3O/c29-23-15-19-17(13-21-18-7-1-2-9-25(18,19)10-12-26-21)14-22(23)28-20-8-3-5-16-6-4-11-27-24(16)20/h3-6,8,11,14-15,18,21,26,28-29H,1-2,7,9-10,12-13H2/t18-,21+,25+/m0/s1. The molecule has 6 rings (SSSR count). The van der Waals surface area contributed by atoms with Gasteiger partial charge in [0.15, 0.2) is 0 Å². The molecular formula is C25H27N3O. The molecular weight excluding hydrogens is 358 g/mol. The van der Waals surface area contributed by atoms with Crippen molar-refractivity contribution in [2.75, 3.05) is 11.9 Å². The van der Waals surface area contributed by atoms with Crippen LogP contribution in [0.25, 0.3) is 10.9 Å². The van der Waals surface area contributed by atoms with Crippen LogP contribution in [0.1, 0.15) is 43.2 Å². The van der Waals surface area contributed by atoms with E-state index < -0.39 is 0 Å². The van der Waals surface area contributed by atoms with Gasteiger partial charge in [0, 0.05) is 23.0 Å². The predicted molar refractivity (Wildman–Crippen MR) is 117 cm³/mol. The van der Waals surface area contributed by atoms with E-state index in [0.717, 1.165) is 41.2 Å². The molecule has 2 aliphatic carbocycles. The Morgan fingerprint density at radius 1 is 1.07 bits per heavy atom. The first-order chi connectivity index (χ1) is 14.2. The molecule has 0 spiro atoms. The van der Waals surface area contributed by atoms with Gasteiger partial charge in [-0.2, -0.15) is 0 Å². The van der Waals surface area contributed by atoms with Gasteiger partial charge >= 0.3 is 0 Å². The Morgan fingerprint density at radius 3 is 2.97 bits per heavy atom. The number of aromatic hydroxyl groups is 1. The number of phenols is 1. The molecule has 2 bridgehead atoms. The van der Waals surface area contributed by atoms with E-state index in [1.807, 2.05) is 24.4 Å². The van der Waals surface area contributed by atoms with Gasteiger partial charge in [-0.1, -0.05) is 31.0 Å². The summed E-state index contributed by atoms with van der Waals surface area (Å²) in [6, 6.07) is 15.0. The van der Waals surface area contributed by atoms with Gasteiger partial charge in [0.05, 0.1) is 16.9 Å². The second kappa shape index (κ2) is 6.46. The van der Waals surface area contributed by atoms with Gasteiger partial charge in [-0.25, -0.2) is 0 Å². The van der Waals surface area contributed by atoms with E-state index in [0.29, 0.717) is 11.8 Å². The SMILES string of the molecule is Oc1cc2c(cc1Nc1cccc3cccnc13)C[C@H]1NCC[C@@]23CCCC[C@@H]13. The quantitative estimate of drug-likeness (QED) is 0.542. The van der Waals surface area contributed by atoms with Crippen molar-refractivity contribution in [2.45, 2.75) is 50.0 Å². The fourth-order valence-corrected chi connectivity index (χ4v) is 6.42. The molecule has 1 aliphatic heterocycles. The van der Waals surface area contributed by atoms with Crippen LogP contribution in [0.5, 0.6) is 5.75 Å². The summed E-state index contributed by atoms with van der Waals surface area (Å²) < 4.78 is 0. The Balaban J connectivity index is 1.44. The van der Waals surface area contributed by atoms with Gasteiger partial charge in [0.1, 0.15) is 5.75 Å². The normalized spacial score (nSPS) is 27.9. The van der Waals surface area contributed by atoms with Crippen LogP contribution in [0.2, 0.25) is 0 Å². The number of nitrogens with zero attached hydrogens (tertiary/aromatic N) is 1.